The van der Waals surface area contributed by atoms with Crippen molar-refractivity contribution in [1.82, 2.24) is 10.2 Å². The van der Waals surface area contributed by atoms with Gasteiger partial charge in [0.1, 0.15) is 12.3 Å². The van der Waals surface area contributed by atoms with Gasteiger partial charge < -0.3 is 10.1 Å². The van der Waals surface area contributed by atoms with Crippen LogP contribution in [-0.2, 0) is 14.4 Å². The van der Waals surface area contributed by atoms with Crippen molar-refractivity contribution in [3.8, 4) is 5.75 Å². The van der Waals surface area contributed by atoms with Gasteiger partial charge in [0, 0.05) is 0 Å². The second-order valence-electron chi connectivity index (χ2n) is 7.05. The van der Waals surface area contributed by atoms with E-state index in [1.807, 2.05) is 38.1 Å². The molecule has 3 unspecified atom stereocenters. The fourth-order valence-electron chi connectivity index (χ4n) is 3.92. The second-order valence-corrected chi connectivity index (χ2v) is 7.05. The van der Waals surface area contributed by atoms with Crippen LogP contribution < -0.4 is 10.1 Å². The Bertz CT molecular complexity index is 662. The summed E-state index contributed by atoms with van der Waals surface area (Å²) in [5, 5.41) is 2.87. The Morgan fingerprint density at radius 2 is 1.73 bits per heavy atom. The van der Waals surface area contributed by atoms with Crippen molar-refractivity contribution >= 4 is 17.7 Å². The van der Waals surface area contributed by atoms with Gasteiger partial charge in [-0.1, -0.05) is 25.0 Å². The second kappa shape index (κ2) is 7.89. The predicted octanol–water partition coefficient (Wildman–Crippen LogP) is 2.44. The number of ether oxygens (including phenoxy) is 1. The summed E-state index contributed by atoms with van der Waals surface area (Å²) in [4.78, 5) is 38.4. The van der Waals surface area contributed by atoms with Gasteiger partial charge >= 0.3 is 0 Å². The van der Waals surface area contributed by atoms with Crippen LogP contribution in [0.1, 0.15) is 51.1 Å². The molecule has 1 N–H and O–H groups in total. The van der Waals surface area contributed by atoms with E-state index in [-0.39, 0.29) is 42.1 Å². The molecule has 1 saturated heterocycles. The number of benzene rings is 1. The summed E-state index contributed by atoms with van der Waals surface area (Å²) in [6, 6.07) is 7.31. The number of likely N-dealkylation sites (tertiary alicyclic amines) is 1. The first-order chi connectivity index (χ1) is 12.5. The number of nitrogens with zero attached hydrogens (tertiary/aromatic N) is 1. The van der Waals surface area contributed by atoms with Gasteiger partial charge in [0.2, 0.25) is 17.7 Å². The van der Waals surface area contributed by atoms with Crippen LogP contribution in [0.2, 0.25) is 0 Å². The average molecular weight is 358 g/mol. The highest BCUT2D eigenvalue weighted by atomic mass is 16.5. The molecule has 1 aliphatic carbocycles. The molecule has 2 aliphatic rings. The molecule has 3 atom stereocenters. The van der Waals surface area contributed by atoms with Crippen LogP contribution in [0.5, 0.6) is 5.75 Å². The number of hydrogen-bond donors (Lipinski definition) is 1. The van der Waals surface area contributed by atoms with Gasteiger partial charge in [-0.2, -0.15) is 0 Å². The normalized spacial score (nSPS) is 23.5. The molecule has 0 aromatic heterocycles. The van der Waals surface area contributed by atoms with E-state index in [2.05, 4.69) is 5.32 Å². The zero-order chi connectivity index (χ0) is 18.7. The number of fused-ring (bicyclic) bond motifs is 1. The van der Waals surface area contributed by atoms with Crippen molar-refractivity contribution in [2.24, 2.45) is 11.8 Å². The third-order valence-electron chi connectivity index (χ3n) is 5.30. The van der Waals surface area contributed by atoms with E-state index in [0.717, 1.165) is 41.9 Å². The molecule has 3 rings (SSSR count). The molecule has 1 aliphatic heterocycles. The van der Waals surface area contributed by atoms with Gasteiger partial charge in [0.05, 0.1) is 24.5 Å². The highest BCUT2D eigenvalue weighted by Crippen LogP contribution is 2.37. The fourth-order valence-corrected chi connectivity index (χ4v) is 3.92. The van der Waals surface area contributed by atoms with E-state index in [1.165, 1.54) is 0 Å². The van der Waals surface area contributed by atoms with Gasteiger partial charge in [-0.15, -0.1) is 0 Å². The number of hydrogen-bond acceptors (Lipinski definition) is 4. The molecule has 26 heavy (non-hydrogen) atoms. The van der Waals surface area contributed by atoms with Gasteiger partial charge in [-0.05, 0) is 44.4 Å². The Balaban J connectivity index is 1.58. The quantitative estimate of drug-likeness (QED) is 0.793. The summed E-state index contributed by atoms with van der Waals surface area (Å²) in [6.45, 7) is 4.21. The lowest BCUT2D eigenvalue weighted by atomic mass is 9.81. The number of amides is 3. The molecule has 140 valence electrons. The number of carbonyl (C=O) groups is 3. The topological polar surface area (TPSA) is 75.7 Å². The minimum absolute atomic E-state index is 0.177. The molecule has 6 nitrogen and oxygen atoms in total. The molecular formula is C20H26N2O4. The Morgan fingerprint density at radius 1 is 1.15 bits per heavy atom. The van der Waals surface area contributed by atoms with Crippen molar-refractivity contribution in [3.63, 3.8) is 0 Å². The third-order valence-corrected chi connectivity index (χ3v) is 5.30. The molecule has 0 spiro atoms. The largest absolute Gasteiger partial charge is 0.494 e. The summed E-state index contributed by atoms with van der Waals surface area (Å²) < 4.78 is 5.41. The summed E-state index contributed by atoms with van der Waals surface area (Å²) in [5.74, 6) is -0.315. The lowest BCUT2D eigenvalue weighted by Gasteiger charge is -2.19. The van der Waals surface area contributed by atoms with Gasteiger partial charge in [0.25, 0.3) is 0 Å². The molecular weight excluding hydrogens is 332 g/mol. The Labute approximate surface area is 153 Å². The molecule has 0 radical (unpaired) electrons. The van der Waals surface area contributed by atoms with E-state index >= 15 is 0 Å². The molecule has 2 fully saturated rings. The maximum Gasteiger partial charge on any atom is 0.240 e. The van der Waals surface area contributed by atoms with Crippen LogP contribution in [0.15, 0.2) is 24.3 Å². The zero-order valence-electron chi connectivity index (χ0n) is 15.4. The Kier molecular flexibility index (Phi) is 5.59. The van der Waals surface area contributed by atoms with Gasteiger partial charge in [-0.3, -0.25) is 19.3 Å². The standard InChI is InChI=1S/C20H26N2O4/c1-3-26-15-10-8-14(9-11-15)13(2)21-18(23)12-22-19(24)16-6-4-5-7-17(16)20(22)25/h8-11,13,16-17H,3-7,12H2,1-2H3,(H,21,23). The van der Waals surface area contributed by atoms with Gasteiger partial charge in [-0.25, -0.2) is 0 Å². The first kappa shape index (κ1) is 18.4. The SMILES string of the molecule is CCOc1ccc(C(C)NC(=O)CN2C(=O)C3CCCCC3C2=O)cc1. The molecule has 6 heteroatoms. The van der Waals surface area contributed by atoms with Crippen LogP contribution >= 0.6 is 0 Å². The maximum atomic E-state index is 12.5. The zero-order valence-corrected chi connectivity index (χ0v) is 15.4. The van der Waals surface area contributed by atoms with Crippen molar-refractivity contribution in [1.29, 1.82) is 0 Å². The van der Waals surface area contributed by atoms with Crippen LogP contribution in [0.3, 0.4) is 0 Å². The van der Waals surface area contributed by atoms with Crippen molar-refractivity contribution < 1.29 is 19.1 Å². The number of carbonyl (C=O) groups excluding carboxylic acids is 3. The summed E-state index contributed by atoms with van der Waals surface area (Å²) in [6.07, 6.45) is 3.48. The minimum Gasteiger partial charge on any atom is -0.494 e. The molecule has 3 amide bonds. The molecule has 0 bridgehead atoms. The highest BCUT2D eigenvalue weighted by Gasteiger charge is 2.48. The lowest BCUT2D eigenvalue weighted by molar-refractivity contribution is -0.143. The smallest absolute Gasteiger partial charge is 0.240 e. The fraction of sp³-hybridized carbons (Fsp3) is 0.550. The lowest BCUT2D eigenvalue weighted by Crippen LogP contribution is -2.41. The summed E-state index contributed by atoms with van der Waals surface area (Å²) in [5.41, 5.74) is 0.939. The van der Waals surface area contributed by atoms with E-state index < -0.39 is 0 Å². The molecule has 1 saturated carbocycles. The van der Waals surface area contributed by atoms with Crippen LogP contribution in [0.4, 0.5) is 0 Å². The van der Waals surface area contributed by atoms with Crippen LogP contribution in [0, 0.1) is 11.8 Å². The average Bonchev–Trinajstić information content (AvgIpc) is 2.88. The molecule has 1 heterocycles. The van der Waals surface area contributed by atoms with Crippen molar-refractivity contribution in [2.75, 3.05) is 13.2 Å². The predicted molar refractivity (Wildman–Crippen MR) is 96.3 cm³/mol. The highest BCUT2D eigenvalue weighted by molar-refractivity contribution is 6.07. The minimum atomic E-state index is -0.313. The number of nitrogens with one attached hydrogen (secondary N) is 1. The Hall–Kier alpha value is -2.37. The first-order valence-electron chi connectivity index (χ1n) is 9.38. The van der Waals surface area contributed by atoms with E-state index in [4.69, 9.17) is 4.74 Å². The van der Waals surface area contributed by atoms with Crippen LogP contribution in [0.25, 0.3) is 0 Å². The summed E-state index contributed by atoms with van der Waals surface area (Å²) in [7, 11) is 0. The molecule has 1 aromatic carbocycles. The van der Waals surface area contributed by atoms with Crippen LogP contribution in [-0.4, -0.2) is 35.8 Å². The van der Waals surface area contributed by atoms with E-state index in [0.29, 0.717) is 6.61 Å². The van der Waals surface area contributed by atoms with E-state index in [1.54, 1.807) is 0 Å². The van der Waals surface area contributed by atoms with Crippen molar-refractivity contribution in [2.45, 2.75) is 45.6 Å². The maximum absolute atomic E-state index is 12.5. The van der Waals surface area contributed by atoms with E-state index in [9.17, 15) is 14.4 Å². The number of imide groups is 1. The number of rotatable bonds is 6. The Morgan fingerprint density at radius 3 is 2.27 bits per heavy atom. The molecule has 1 aromatic rings. The monoisotopic (exact) mass is 358 g/mol. The van der Waals surface area contributed by atoms with Crippen molar-refractivity contribution in [3.05, 3.63) is 29.8 Å². The third kappa shape index (κ3) is 3.74. The first-order valence-corrected chi connectivity index (χ1v) is 9.38. The van der Waals surface area contributed by atoms with Gasteiger partial charge in [0.15, 0.2) is 0 Å². The summed E-state index contributed by atoms with van der Waals surface area (Å²) >= 11 is 0.